The van der Waals surface area contributed by atoms with Crippen LogP contribution >= 0.6 is 0 Å². The SMILES string of the molecule is CN=C1CNCCN1. The fourth-order valence-electron chi connectivity index (χ4n) is 0.723. The van der Waals surface area contributed by atoms with Gasteiger partial charge in [0.2, 0.25) is 0 Å². The van der Waals surface area contributed by atoms with Gasteiger partial charge in [0.1, 0.15) is 5.84 Å². The minimum absolute atomic E-state index is 0.899. The molecule has 3 nitrogen and oxygen atoms in total. The molecule has 2 N–H and O–H groups in total. The summed E-state index contributed by atoms with van der Waals surface area (Å²) < 4.78 is 0. The number of amidine groups is 1. The highest BCUT2D eigenvalue weighted by Crippen LogP contribution is 1.74. The summed E-state index contributed by atoms with van der Waals surface area (Å²) in [6.45, 7) is 2.96. The first-order valence-electron chi connectivity index (χ1n) is 2.84. The molecule has 0 bridgehead atoms. The molecule has 1 rings (SSSR count). The fourth-order valence-corrected chi connectivity index (χ4v) is 0.723. The summed E-state index contributed by atoms with van der Waals surface area (Å²) in [6.07, 6.45) is 0. The zero-order valence-electron chi connectivity index (χ0n) is 5.07. The Balaban J connectivity index is 2.33. The number of nitrogens with one attached hydrogen (secondary N) is 2. The number of nitrogens with zero attached hydrogens (tertiary/aromatic N) is 1. The van der Waals surface area contributed by atoms with Crippen molar-refractivity contribution in [1.82, 2.24) is 10.6 Å². The Labute approximate surface area is 49.2 Å². The summed E-state index contributed by atoms with van der Waals surface area (Å²) in [5, 5.41) is 6.35. The summed E-state index contributed by atoms with van der Waals surface area (Å²) in [7, 11) is 1.80. The second-order valence-electron chi connectivity index (χ2n) is 1.77. The van der Waals surface area contributed by atoms with Crippen molar-refractivity contribution in [3.63, 3.8) is 0 Å². The van der Waals surface area contributed by atoms with E-state index in [1.807, 2.05) is 0 Å². The van der Waals surface area contributed by atoms with Crippen molar-refractivity contribution in [1.29, 1.82) is 0 Å². The molecule has 0 spiro atoms. The molecule has 0 aromatic carbocycles. The third-order valence-corrected chi connectivity index (χ3v) is 1.19. The number of hydrogen-bond donors (Lipinski definition) is 2. The zero-order valence-corrected chi connectivity index (χ0v) is 5.07. The van der Waals surface area contributed by atoms with E-state index in [0.717, 1.165) is 25.5 Å². The first-order chi connectivity index (χ1) is 3.93. The van der Waals surface area contributed by atoms with Crippen LogP contribution in [0.15, 0.2) is 4.99 Å². The van der Waals surface area contributed by atoms with Gasteiger partial charge in [-0.25, -0.2) is 0 Å². The van der Waals surface area contributed by atoms with Crippen LogP contribution in [0, 0.1) is 0 Å². The lowest BCUT2D eigenvalue weighted by atomic mass is 10.4. The number of aliphatic imine (C=N–C) groups is 1. The van der Waals surface area contributed by atoms with E-state index < -0.39 is 0 Å². The molecule has 8 heavy (non-hydrogen) atoms. The van der Waals surface area contributed by atoms with Gasteiger partial charge in [0.05, 0.1) is 6.54 Å². The molecule has 0 aromatic rings. The molecule has 0 aliphatic carbocycles. The fraction of sp³-hybridized carbons (Fsp3) is 0.800. The predicted molar refractivity (Wildman–Crippen MR) is 34.2 cm³/mol. The molecule has 3 heteroatoms. The van der Waals surface area contributed by atoms with Gasteiger partial charge < -0.3 is 10.6 Å². The van der Waals surface area contributed by atoms with Crippen LogP contribution in [0.5, 0.6) is 0 Å². The molecule has 1 saturated heterocycles. The van der Waals surface area contributed by atoms with Crippen LogP contribution in [0.4, 0.5) is 0 Å². The molecule has 1 aliphatic rings. The largest absolute Gasteiger partial charge is 0.372 e. The van der Waals surface area contributed by atoms with Gasteiger partial charge in [-0.1, -0.05) is 0 Å². The van der Waals surface area contributed by atoms with Crippen molar-refractivity contribution in [2.75, 3.05) is 26.7 Å². The van der Waals surface area contributed by atoms with Gasteiger partial charge in [-0.2, -0.15) is 0 Å². The Morgan fingerprint density at radius 1 is 1.50 bits per heavy atom. The van der Waals surface area contributed by atoms with E-state index in [2.05, 4.69) is 15.6 Å². The van der Waals surface area contributed by atoms with Crippen molar-refractivity contribution in [3.05, 3.63) is 0 Å². The van der Waals surface area contributed by atoms with Crippen LogP contribution < -0.4 is 10.6 Å². The first kappa shape index (κ1) is 5.56. The number of piperazine rings is 1. The van der Waals surface area contributed by atoms with Crippen LogP contribution in [-0.4, -0.2) is 32.5 Å². The highest BCUT2D eigenvalue weighted by Gasteiger charge is 2.00. The molecule has 0 aromatic heterocycles. The van der Waals surface area contributed by atoms with Gasteiger partial charge in [0.15, 0.2) is 0 Å². The maximum absolute atomic E-state index is 3.99. The molecule has 1 heterocycles. The van der Waals surface area contributed by atoms with E-state index in [-0.39, 0.29) is 0 Å². The monoisotopic (exact) mass is 113 g/mol. The van der Waals surface area contributed by atoms with Gasteiger partial charge >= 0.3 is 0 Å². The first-order valence-corrected chi connectivity index (χ1v) is 2.84. The van der Waals surface area contributed by atoms with Crippen LogP contribution in [0.25, 0.3) is 0 Å². The second kappa shape index (κ2) is 2.67. The Morgan fingerprint density at radius 2 is 2.38 bits per heavy atom. The van der Waals surface area contributed by atoms with Gasteiger partial charge in [-0.05, 0) is 0 Å². The van der Waals surface area contributed by atoms with Crippen molar-refractivity contribution >= 4 is 5.84 Å². The second-order valence-corrected chi connectivity index (χ2v) is 1.77. The number of hydrogen-bond acceptors (Lipinski definition) is 2. The molecular weight excluding hydrogens is 102 g/mol. The Bertz CT molecular complexity index is 89.8. The summed E-state index contributed by atoms with van der Waals surface area (Å²) in [5.41, 5.74) is 0. The van der Waals surface area contributed by atoms with Crippen molar-refractivity contribution < 1.29 is 0 Å². The molecule has 1 aliphatic heterocycles. The van der Waals surface area contributed by atoms with E-state index in [9.17, 15) is 0 Å². The van der Waals surface area contributed by atoms with E-state index in [1.54, 1.807) is 7.05 Å². The average molecular weight is 113 g/mol. The minimum atomic E-state index is 0.899. The highest BCUT2D eigenvalue weighted by atomic mass is 15.1. The molecule has 0 saturated carbocycles. The third kappa shape index (κ3) is 1.20. The van der Waals surface area contributed by atoms with Crippen LogP contribution in [-0.2, 0) is 0 Å². The molecule has 0 unspecified atom stereocenters. The molecule has 0 radical (unpaired) electrons. The van der Waals surface area contributed by atoms with Crippen molar-refractivity contribution in [3.8, 4) is 0 Å². The summed E-state index contributed by atoms with van der Waals surface area (Å²) in [6, 6.07) is 0. The molecule has 1 fully saturated rings. The van der Waals surface area contributed by atoms with E-state index in [0.29, 0.717) is 0 Å². The van der Waals surface area contributed by atoms with Crippen LogP contribution in [0.3, 0.4) is 0 Å². The predicted octanol–water partition coefficient (Wildman–Crippen LogP) is -0.793. The lowest BCUT2D eigenvalue weighted by Gasteiger charge is -2.15. The molecular formula is C5H11N3. The summed E-state index contributed by atoms with van der Waals surface area (Å²) in [5.74, 6) is 1.07. The molecule has 0 atom stereocenters. The molecule has 0 amide bonds. The zero-order chi connectivity index (χ0) is 5.82. The van der Waals surface area contributed by atoms with Crippen molar-refractivity contribution in [2.45, 2.75) is 0 Å². The van der Waals surface area contributed by atoms with Crippen LogP contribution in [0.1, 0.15) is 0 Å². The van der Waals surface area contributed by atoms with Gasteiger partial charge in [-0.3, -0.25) is 4.99 Å². The maximum Gasteiger partial charge on any atom is 0.110 e. The maximum atomic E-state index is 3.99. The van der Waals surface area contributed by atoms with Gasteiger partial charge in [0, 0.05) is 20.1 Å². The lowest BCUT2D eigenvalue weighted by Crippen LogP contribution is -2.44. The minimum Gasteiger partial charge on any atom is -0.372 e. The van der Waals surface area contributed by atoms with Crippen molar-refractivity contribution in [2.24, 2.45) is 4.99 Å². The normalized spacial score (nSPS) is 25.4. The van der Waals surface area contributed by atoms with E-state index in [1.165, 1.54) is 0 Å². The van der Waals surface area contributed by atoms with Crippen LogP contribution in [0.2, 0.25) is 0 Å². The van der Waals surface area contributed by atoms with Gasteiger partial charge in [-0.15, -0.1) is 0 Å². The average Bonchev–Trinajstić information content (AvgIpc) is 1.90. The van der Waals surface area contributed by atoms with E-state index >= 15 is 0 Å². The quantitative estimate of drug-likeness (QED) is 0.432. The third-order valence-electron chi connectivity index (χ3n) is 1.19. The Hall–Kier alpha value is -0.570. The van der Waals surface area contributed by atoms with E-state index in [4.69, 9.17) is 0 Å². The lowest BCUT2D eigenvalue weighted by molar-refractivity contribution is 0.673. The number of rotatable bonds is 0. The Kier molecular flexibility index (Phi) is 1.86. The smallest absolute Gasteiger partial charge is 0.110 e. The Morgan fingerprint density at radius 3 is 2.75 bits per heavy atom. The standard InChI is InChI=1S/C5H11N3/c1-6-5-4-7-2-3-8-5/h7H,2-4H2,1H3,(H,6,8). The van der Waals surface area contributed by atoms with Gasteiger partial charge in [0.25, 0.3) is 0 Å². The topological polar surface area (TPSA) is 36.4 Å². The summed E-state index contributed by atoms with van der Waals surface area (Å²) >= 11 is 0. The molecule has 46 valence electrons. The summed E-state index contributed by atoms with van der Waals surface area (Å²) in [4.78, 5) is 3.99. The highest BCUT2D eigenvalue weighted by molar-refractivity contribution is 5.84.